The van der Waals surface area contributed by atoms with E-state index in [1.807, 2.05) is 49.4 Å². The van der Waals surface area contributed by atoms with Crippen molar-refractivity contribution in [3.8, 4) is 5.75 Å². The molecule has 0 saturated heterocycles. The number of rotatable bonds is 11. The Bertz CT molecular complexity index is 1210. The minimum atomic E-state index is -0.241. The zero-order valence-electron chi connectivity index (χ0n) is 26.4. The average Bonchev–Trinajstić information content (AvgIpc) is 2.96. The number of aryl methyl sites for hydroxylation is 1. The Balaban J connectivity index is 0.00000197. The highest BCUT2D eigenvalue weighted by Crippen LogP contribution is 2.34. The molecule has 0 heterocycles. The maximum Gasteiger partial charge on any atom is 0.259 e. The quantitative estimate of drug-likeness (QED) is 0.0821. The van der Waals surface area contributed by atoms with Crippen LogP contribution in [0.15, 0.2) is 53.7 Å². The summed E-state index contributed by atoms with van der Waals surface area (Å²) in [6.07, 6.45) is 15.9. The Morgan fingerprint density at radius 2 is 1.81 bits per heavy atom. The van der Waals surface area contributed by atoms with Gasteiger partial charge in [-0.15, -0.1) is 0 Å². The Morgan fingerprint density at radius 1 is 1.12 bits per heavy atom. The van der Waals surface area contributed by atoms with Gasteiger partial charge >= 0.3 is 0 Å². The second-order valence-corrected chi connectivity index (χ2v) is 12.3. The molecule has 2 amide bonds. The normalized spacial score (nSPS) is 17.3. The van der Waals surface area contributed by atoms with Crippen molar-refractivity contribution >= 4 is 23.7 Å². The number of carbonyl (C=O) groups is 2. The van der Waals surface area contributed by atoms with Gasteiger partial charge in [0.2, 0.25) is 6.41 Å². The molecule has 42 heavy (non-hydrogen) atoms. The molecule has 0 aromatic heterocycles. The van der Waals surface area contributed by atoms with Gasteiger partial charge in [0.25, 0.3) is 5.91 Å². The van der Waals surface area contributed by atoms with E-state index in [0.717, 1.165) is 41.4 Å². The summed E-state index contributed by atoms with van der Waals surface area (Å²) in [5, 5.41) is 16.4. The number of nitrogens with two attached hydrogens (primary N) is 1. The lowest BCUT2D eigenvalue weighted by molar-refractivity contribution is -0.106. The van der Waals surface area contributed by atoms with Gasteiger partial charge in [-0.1, -0.05) is 89.6 Å². The van der Waals surface area contributed by atoms with Crippen LogP contribution in [-0.4, -0.2) is 30.3 Å². The van der Waals surface area contributed by atoms with Crippen molar-refractivity contribution < 1.29 is 19.5 Å². The smallest absolute Gasteiger partial charge is 0.259 e. The minimum absolute atomic E-state index is 0.0922. The third-order valence-corrected chi connectivity index (χ3v) is 8.04. The van der Waals surface area contributed by atoms with E-state index in [9.17, 15) is 10.0 Å². The monoisotopic (exact) mass is 577 g/mol. The first-order valence-electron chi connectivity index (χ1n) is 15.2. The lowest BCUT2D eigenvalue weighted by Crippen LogP contribution is -2.17. The molecule has 1 aliphatic carbocycles. The number of hydrogen-bond donors (Lipinski definition) is 3. The number of amides is 2. The molecular weight excluding hydrogens is 526 g/mol. The third-order valence-electron chi connectivity index (χ3n) is 8.04. The summed E-state index contributed by atoms with van der Waals surface area (Å²) in [5.41, 5.74) is 8.52. The molecule has 2 unspecified atom stereocenters. The third kappa shape index (κ3) is 10.7. The molecule has 0 spiro atoms. The molecule has 3 rings (SSSR count). The SMILES string of the molecule is CCCC1CCCC(CCC/C=C/C(=N\O)c2cc(NC(=O)c3cc(C(C)(C)C)ccc3OC)ccc2C)C1.NC=O. The molecule has 2 aromatic carbocycles. The van der Waals surface area contributed by atoms with Crippen LogP contribution in [0.4, 0.5) is 5.69 Å². The standard InChI is InChI=1S/C34H48N2O3.CH3NO/c1-7-12-25-14-11-15-26(21-25)13-9-8-10-16-31(36-38)29-23-28(19-17-24(29)2)35-33(37)30-22-27(34(3,4)5)18-20-32(30)39-6;2-1-3/h10,16-20,22-23,25-26,38H,7-9,11-15,21H2,1-6H3,(H,35,37);1H,(H2,2,3)/b16-10+,36-31+;. The summed E-state index contributed by atoms with van der Waals surface area (Å²) < 4.78 is 5.47. The predicted octanol–water partition coefficient (Wildman–Crippen LogP) is 8.17. The number of benzene rings is 2. The number of unbranched alkanes of at least 4 members (excludes halogenated alkanes) is 1. The lowest BCUT2D eigenvalue weighted by atomic mass is 9.77. The van der Waals surface area contributed by atoms with Gasteiger partial charge in [0.15, 0.2) is 0 Å². The molecule has 0 aliphatic heterocycles. The first-order chi connectivity index (χ1) is 20.1. The lowest BCUT2D eigenvalue weighted by Gasteiger charge is -2.28. The molecule has 230 valence electrons. The van der Waals surface area contributed by atoms with Crippen LogP contribution in [0.5, 0.6) is 5.75 Å². The van der Waals surface area contributed by atoms with E-state index in [1.165, 1.54) is 44.9 Å². The zero-order chi connectivity index (χ0) is 31.1. The van der Waals surface area contributed by atoms with Crippen LogP contribution in [0, 0.1) is 18.8 Å². The molecule has 4 N–H and O–H groups in total. The Labute approximate surface area is 252 Å². The van der Waals surface area contributed by atoms with E-state index in [2.05, 4.69) is 50.0 Å². The number of allylic oxidation sites excluding steroid dienone is 2. The van der Waals surface area contributed by atoms with E-state index in [-0.39, 0.29) is 17.7 Å². The number of primary amides is 1. The summed E-state index contributed by atoms with van der Waals surface area (Å²) >= 11 is 0. The fourth-order valence-electron chi connectivity index (χ4n) is 5.76. The van der Waals surface area contributed by atoms with Crippen LogP contribution >= 0.6 is 0 Å². The van der Waals surface area contributed by atoms with Crippen molar-refractivity contribution in [2.75, 3.05) is 12.4 Å². The summed E-state index contributed by atoms with van der Waals surface area (Å²) in [6.45, 7) is 10.6. The van der Waals surface area contributed by atoms with E-state index >= 15 is 0 Å². The van der Waals surface area contributed by atoms with Crippen molar-refractivity contribution in [2.24, 2.45) is 22.7 Å². The number of ether oxygens (including phenoxy) is 1. The van der Waals surface area contributed by atoms with Gasteiger partial charge in [-0.05, 0) is 84.9 Å². The number of hydrogen-bond acceptors (Lipinski definition) is 5. The zero-order valence-corrected chi connectivity index (χ0v) is 26.4. The number of nitrogens with one attached hydrogen (secondary N) is 1. The number of carbonyl (C=O) groups excluding carboxylic acids is 2. The van der Waals surface area contributed by atoms with Crippen LogP contribution < -0.4 is 15.8 Å². The largest absolute Gasteiger partial charge is 0.496 e. The fraction of sp³-hybridized carbons (Fsp3) is 0.514. The Morgan fingerprint density at radius 3 is 2.43 bits per heavy atom. The van der Waals surface area contributed by atoms with Crippen LogP contribution in [-0.2, 0) is 10.2 Å². The van der Waals surface area contributed by atoms with Crippen molar-refractivity contribution in [1.82, 2.24) is 0 Å². The maximum atomic E-state index is 13.3. The molecule has 2 aromatic rings. The highest BCUT2D eigenvalue weighted by atomic mass is 16.5. The van der Waals surface area contributed by atoms with Gasteiger partial charge in [0.05, 0.1) is 12.7 Å². The summed E-state index contributed by atoms with van der Waals surface area (Å²) in [6, 6.07) is 11.4. The number of methoxy groups -OCH3 is 1. The van der Waals surface area contributed by atoms with Crippen LogP contribution in [0.25, 0.3) is 0 Å². The second kappa shape index (κ2) is 17.4. The van der Waals surface area contributed by atoms with E-state index in [4.69, 9.17) is 9.53 Å². The number of oxime groups is 1. The first-order valence-corrected chi connectivity index (χ1v) is 15.2. The van der Waals surface area contributed by atoms with Crippen molar-refractivity contribution in [1.29, 1.82) is 0 Å². The summed E-state index contributed by atoms with van der Waals surface area (Å²) in [7, 11) is 1.57. The number of nitrogens with zero attached hydrogens (tertiary/aromatic N) is 1. The van der Waals surface area contributed by atoms with Gasteiger partial charge in [0, 0.05) is 11.3 Å². The topological polar surface area (TPSA) is 114 Å². The number of anilines is 1. The summed E-state index contributed by atoms with van der Waals surface area (Å²) in [5.74, 6) is 2.08. The first kappa shape index (κ1) is 34.6. The molecule has 0 bridgehead atoms. The molecule has 2 atom stereocenters. The molecule has 1 saturated carbocycles. The second-order valence-electron chi connectivity index (χ2n) is 12.3. The molecule has 0 radical (unpaired) electrons. The highest BCUT2D eigenvalue weighted by Gasteiger charge is 2.21. The maximum absolute atomic E-state index is 13.3. The summed E-state index contributed by atoms with van der Waals surface area (Å²) in [4.78, 5) is 21.8. The van der Waals surface area contributed by atoms with Crippen molar-refractivity contribution in [2.45, 2.75) is 97.8 Å². The van der Waals surface area contributed by atoms with E-state index in [1.54, 1.807) is 7.11 Å². The van der Waals surface area contributed by atoms with Gasteiger partial charge in [-0.25, -0.2) is 0 Å². The Hall–Kier alpha value is -3.61. The van der Waals surface area contributed by atoms with Gasteiger partial charge in [-0.2, -0.15) is 0 Å². The average molecular weight is 578 g/mol. The molecule has 7 nitrogen and oxygen atoms in total. The predicted molar refractivity (Wildman–Crippen MR) is 173 cm³/mol. The molecule has 1 fully saturated rings. The van der Waals surface area contributed by atoms with E-state index in [0.29, 0.717) is 22.7 Å². The van der Waals surface area contributed by atoms with E-state index < -0.39 is 0 Å². The highest BCUT2D eigenvalue weighted by molar-refractivity contribution is 6.11. The van der Waals surface area contributed by atoms with Crippen LogP contribution in [0.1, 0.15) is 113 Å². The molecule has 1 aliphatic rings. The van der Waals surface area contributed by atoms with Gasteiger partial charge in [0.1, 0.15) is 11.5 Å². The molecular formula is C35H51N3O4. The Kier molecular flexibility index (Phi) is 14.3. The molecule has 7 heteroatoms. The fourth-order valence-corrected chi connectivity index (χ4v) is 5.76. The minimum Gasteiger partial charge on any atom is -0.496 e. The van der Waals surface area contributed by atoms with Crippen LogP contribution in [0.3, 0.4) is 0 Å². The van der Waals surface area contributed by atoms with Gasteiger partial charge < -0.3 is 21.0 Å². The van der Waals surface area contributed by atoms with Gasteiger partial charge in [-0.3, -0.25) is 9.59 Å². The van der Waals surface area contributed by atoms with Crippen molar-refractivity contribution in [3.05, 3.63) is 70.8 Å². The van der Waals surface area contributed by atoms with Crippen LogP contribution in [0.2, 0.25) is 0 Å². The van der Waals surface area contributed by atoms with Crippen molar-refractivity contribution in [3.63, 3.8) is 0 Å².